The summed E-state index contributed by atoms with van der Waals surface area (Å²) >= 11 is 0. The quantitative estimate of drug-likeness (QED) is 0.393. The molecule has 27 heavy (non-hydrogen) atoms. The topological polar surface area (TPSA) is 67.8 Å². The molecule has 0 heterocycles. The van der Waals surface area contributed by atoms with Crippen LogP contribution in [0.25, 0.3) is 0 Å². The molecule has 7 heteroatoms. The van der Waals surface area contributed by atoms with E-state index in [0.29, 0.717) is 17.2 Å². The van der Waals surface area contributed by atoms with Crippen LogP contribution in [0.15, 0.2) is 91.0 Å². The number of carboxylic acid groups (broad SMARTS) is 1. The molecule has 0 N–H and O–H groups in total. The summed E-state index contributed by atoms with van der Waals surface area (Å²) < 4.78 is 17.5. The van der Waals surface area contributed by atoms with Crippen LogP contribution in [-0.2, 0) is 27.2 Å². The third-order valence-corrected chi connectivity index (χ3v) is 3.85. The first kappa shape index (κ1) is 22.7. The summed E-state index contributed by atoms with van der Waals surface area (Å²) in [5, 5.41) is 8.89. The Labute approximate surface area is 175 Å². The number of para-hydroxylation sites is 3. The first-order valence-corrected chi connectivity index (χ1v) is 8.90. The van der Waals surface area contributed by atoms with E-state index in [1.54, 1.807) is 0 Å². The van der Waals surface area contributed by atoms with Gasteiger partial charge in [0.05, 0.1) is 0 Å². The Kier molecular flexibility index (Phi) is 10.9. The molecule has 144 valence electrons. The van der Waals surface area contributed by atoms with Crippen LogP contribution in [0.2, 0.25) is 0 Å². The van der Waals surface area contributed by atoms with Crippen LogP contribution in [0.1, 0.15) is 6.92 Å². The van der Waals surface area contributed by atoms with E-state index >= 15 is 0 Å². The molecule has 0 aromatic heterocycles. The molecule has 0 radical (unpaired) electrons. The molecule has 5 nitrogen and oxygen atoms in total. The summed E-state index contributed by atoms with van der Waals surface area (Å²) in [6.07, 6.45) is 0. The van der Waals surface area contributed by atoms with Crippen LogP contribution in [0.4, 0.5) is 0 Å². The Morgan fingerprint density at radius 2 is 0.889 bits per heavy atom. The van der Waals surface area contributed by atoms with Crippen LogP contribution in [0, 0.1) is 0 Å². The maximum atomic E-state index is 8.89. The molecule has 0 atom stereocenters. The summed E-state index contributed by atoms with van der Waals surface area (Å²) in [5.74, 6) is 1.04. The van der Waals surface area contributed by atoms with Crippen LogP contribution in [-0.4, -0.2) is 5.97 Å². The second-order valence-corrected chi connectivity index (χ2v) is 5.92. The number of hydrogen-bond donors (Lipinski definition) is 0. The molecule has 0 aliphatic heterocycles. The summed E-state index contributed by atoms with van der Waals surface area (Å²) in [6.45, 7) is 0.972. The fourth-order valence-corrected chi connectivity index (χ4v) is 2.75. The first-order valence-electron chi connectivity index (χ1n) is 7.80. The maximum absolute atomic E-state index is 8.89. The molecule has 0 bridgehead atoms. The zero-order valence-electron chi connectivity index (χ0n) is 14.5. The van der Waals surface area contributed by atoms with E-state index in [2.05, 4.69) is 0 Å². The van der Waals surface area contributed by atoms with Gasteiger partial charge in [0.1, 0.15) is 17.2 Å². The van der Waals surface area contributed by atoms with Crippen molar-refractivity contribution < 1.29 is 45.9 Å². The molecule has 0 saturated heterocycles. The number of benzene rings is 3. The Morgan fingerprint density at radius 3 is 1.11 bits per heavy atom. The Balaban J connectivity index is 0.000000666. The second kappa shape index (κ2) is 13.0. The fraction of sp³-hybridized carbons (Fsp3) is 0.0500. The maximum Gasteiger partial charge on any atom is 1.00 e. The minimum Gasteiger partial charge on any atom is -0.550 e. The molecule has 3 rings (SSSR count). The van der Waals surface area contributed by atoms with E-state index < -0.39 is 14.6 Å². The Bertz CT molecular complexity index is 669. The molecule has 0 unspecified atom stereocenters. The van der Waals surface area contributed by atoms with E-state index in [1.807, 2.05) is 91.0 Å². The van der Waals surface area contributed by atoms with Crippen molar-refractivity contribution in [3.8, 4) is 17.2 Å². The molecule has 0 saturated carbocycles. The third-order valence-electron chi connectivity index (χ3n) is 2.77. The van der Waals surface area contributed by atoms with Crippen LogP contribution >= 0.6 is 8.60 Å². The molecule has 0 amide bonds. The van der Waals surface area contributed by atoms with Gasteiger partial charge in [-0.3, -0.25) is 0 Å². The van der Waals surface area contributed by atoms with Crippen LogP contribution in [0.5, 0.6) is 17.2 Å². The number of carboxylic acids is 1. The monoisotopic (exact) mass is 476 g/mol. The normalized spacial score (nSPS) is 9.26. The van der Waals surface area contributed by atoms with Gasteiger partial charge in [0.15, 0.2) is 0 Å². The summed E-state index contributed by atoms with van der Waals surface area (Å²) in [7, 11) is -1.59. The SMILES string of the molecule is CC(=O)[O-].[Ag+].c1ccc(OP(Oc2ccccc2)Oc2ccccc2)cc1. The number of rotatable bonds is 6. The molecule has 0 aliphatic rings. The van der Waals surface area contributed by atoms with Crippen molar-refractivity contribution in [1.82, 2.24) is 0 Å². The number of carbonyl (C=O) groups is 1. The van der Waals surface area contributed by atoms with Crippen molar-refractivity contribution in [2.45, 2.75) is 6.92 Å². The predicted octanol–water partition coefficient (Wildman–Crippen LogP) is 4.20. The predicted molar refractivity (Wildman–Crippen MR) is 98.8 cm³/mol. The smallest absolute Gasteiger partial charge is 0.550 e. The van der Waals surface area contributed by atoms with E-state index in [4.69, 9.17) is 23.5 Å². The van der Waals surface area contributed by atoms with Crippen molar-refractivity contribution in [3.63, 3.8) is 0 Å². The van der Waals surface area contributed by atoms with Crippen LogP contribution in [0.3, 0.4) is 0 Å². The molecule has 0 aliphatic carbocycles. The van der Waals surface area contributed by atoms with Gasteiger partial charge in [0.25, 0.3) is 0 Å². The number of hydrogen-bond acceptors (Lipinski definition) is 5. The third kappa shape index (κ3) is 9.83. The van der Waals surface area contributed by atoms with Gasteiger partial charge in [-0.15, -0.1) is 0 Å². The fourth-order valence-electron chi connectivity index (χ4n) is 1.76. The van der Waals surface area contributed by atoms with Crippen molar-refractivity contribution in [2.24, 2.45) is 0 Å². The zero-order chi connectivity index (χ0) is 18.6. The van der Waals surface area contributed by atoms with E-state index in [0.717, 1.165) is 6.92 Å². The van der Waals surface area contributed by atoms with Gasteiger partial charge in [-0.2, -0.15) is 0 Å². The molecular weight excluding hydrogens is 459 g/mol. The molecule has 3 aromatic carbocycles. The van der Waals surface area contributed by atoms with Gasteiger partial charge >= 0.3 is 31.0 Å². The average Bonchev–Trinajstić information content (AvgIpc) is 2.64. The minimum atomic E-state index is -1.59. The van der Waals surface area contributed by atoms with Crippen molar-refractivity contribution in [2.75, 3.05) is 0 Å². The average molecular weight is 477 g/mol. The standard InChI is InChI=1S/C18H15O3P.C2H4O2.Ag/c1-4-10-16(11-5-1)19-22(20-17-12-6-2-7-13-17)21-18-14-8-3-9-15-18;1-2(3)4;/h1-15H;1H3,(H,3,4);/q;;+1/p-1. The first-order chi connectivity index (χ1) is 12.6. The van der Waals surface area contributed by atoms with Crippen molar-refractivity contribution in [1.29, 1.82) is 0 Å². The van der Waals surface area contributed by atoms with Crippen LogP contribution < -0.4 is 18.7 Å². The Hall–Kier alpha value is -2.30. The second-order valence-electron chi connectivity index (χ2n) is 4.93. The van der Waals surface area contributed by atoms with Crippen molar-refractivity contribution in [3.05, 3.63) is 91.0 Å². The Morgan fingerprint density at radius 1 is 0.667 bits per heavy atom. The number of aliphatic carboxylic acids is 1. The largest absolute Gasteiger partial charge is 1.00 e. The number of carbonyl (C=O) groups excluding carboxylic acids is 1. The van der Waals surface area contributed by atoms with Gasteiger partial charge in [0.2, 0.25) is 0 Å². The molecular formula is C20H18AgO5P. The van der Waals surface area contributed by atoms with Gasteiger partial charge in [-0.1, -0.05) is 54.6 Å². The van der Waals surface area contributed by atoms with E-state index in [9.17, 15) is 0 Å². The van der Waals surface area contributed by atoms with Crippen molar-refractivity contribution >= 4 is 14.6 Å². The van der Waals surface area contributed by atoms with E-state index in [-0.39, 0.29) is 22.4 Å². The summed E-state index contributed by atoms with van der Waals surface area (Å²) in [5.41, 5.74) is 0. The molecule has 3 aromatic rings. The van der Waals surface area contributed by atoms with Gasteiger partial charge in [-0.25, -0.2) is 0 Å². The van der Waals surface area contributed by atoms with Gasteiger partial charge in [-0.05, 0) is 43.3 Å². The van der Waals surface area contributed by atoms with Gasteiger partial charge in [0, 0.05) is 5.97 Å². The van der Waals surface area contributed by atoms with E-state index in [1.165, 1.54) is 0 Å². The summed E-state index contributed by atoms with van der Waals surface area (Å²) in [4.78, 5) is 8.89. The molecule has 0 spiro atoms. The zero-order valence-corrected chi connectivity index (χ0v) is 16.8. The summed E-state index contributed by atoms with van der Waals surface area (Å²) in [6, 6.07) is 28.5. The molecule has 0 fully saturated rings. The minimum absolute atomic E-state index is 0. The van der Waals surface area contributed by atoms with Gasteiger partial charge < -0.3 is 23.5 Å².